The summed E-state index contributed by atoms with van der Waals surface area (Å²) < 4.78 is 8.02. The van der Waals surface area contributed by atoms with Gasteiger partial charge in [-0.1, -0.05) is 30.3 Å². The van der Waals surface area contributed by atoms with Crippen LogP contribution in [0, 0.1) is 0 Å². The SMILES string of the molecule is Cn1nc(C2CC2)cc1C(=O)N1CCO[C@@H](CN2CCCC2)[C@@H]1c1ccccc1. The molecule has 2 aliphatic heterocycles. The van der Waals surface area contributed by atoms with Crippen LogP contribution in [0.1, 0.15) is 59.4 Å². The lowest BCUT2D eigenvalue weighted by Gasteiger charge is -2.42. The summed E-state index contributed by atoms with van der Waals surface area (Å²) in [6, 6.07) is 12.3. The Hall–Kier alpha value is -2.18. The number of likely N-dealkylation sites (tertiary alicyclic amines) is 1. The van der Waals surface area contributed by atoms with E-state index in [0.29, 0.717) is 24.8 Å². The number of rotatable bonds is 5. The predicted molar refractivity (Wildman–Crippen MR) is 111 cm³/mol. The first-order chi connectivity index (χ1) is 14.2. The smallest absolute Gasteiger partial charge is 0.272 e. The molecule has 6 heteroatoms. The first kappa shape index (κ1) is 18.8. The van der Waals surface area contributed by atoms with Gasteiger partial charge in [-0.15, -0.1) is 0 Å². The van der Waals surface area contributed by atoms with E-state index in [1.165, 1.54) is 25.7 Å². The van der Waals surface area contributed by atoms with Crippen LogP contribution in [0.2, 0.25) is 0 Å². The maximum Gasteiger partial charge on any atom is 0.272 e. The van der Waals surface area contributed by atoms with Crippen LogP contribution in [0.15, 0.2) is 36.4 Å². The highest BCUT2D eigenvalue weighted by Gasteiger charge is 2.39. The molecule has 5 rings (SSSR count). The van der Waals surface area contributed by atoms with Crippen molar-refractivity contribution in [3.05, 3.63) is 53.3 Å². The van der Waals surface area contributed by atoms with Crippen molar-refractivity contribution in [1.82, 2.24) is 19.6 Å². The number of nitrogens with zero attached hydrogens (tertiary/aromatic N) is 4. The van der Waals surface area contributed by atoms with E-state index in [0.717, 1.165) is 30.9 Å². The fourth-order valence-electron chi connectivity index (χ4n) is 4.79. The van der Waals surface area contributed by atoms with Crippen molar-refractivity contribution in [2.45, 2.75) is 43.7 Å². The number of amides is 1. The molecule has 0 unspecified atom stereocenters. The van der Waals surface area contributed by atoms with Crippen LogP contribution in [-0.2, 0) is 11.8 Å². The molecule has 3 heterocycles. The van der Waals surface area contributed by atoms with Crippen LogP contribution >= 0.6 is 0 Å². The zero-order valence-electron chi connectivity index (χ0n) is 17.2. The van der Waals surface area contributed by atoms with E-state index in [2.05, 4.69) is 34.3 Å². The monoisotopic (exact) mass is 394 g/mol. The molecule has 2 saturated heterocycles. The number of hydrogen-bond donors (Lipinski definition) is 0. The summed E-state index contributed by atoms with van der Waals surface area (Å²) in [6.45, 7) is 4.32. The number of morpholine rings is 1. The number of carbonyl (C=O) groups excluding carboxylic acids is 1. The fourth-order valence-corrected chi connectivity index (χ4v) is 4.79. The van der Waals surface area contributed by atoms with Crippen LogP contribution in [0.25, 0.3) is 0 Å². The molecule has 1 aromatic carbocycles. The van der Waals surface area contributed by atoms with Gasteiger partial charge < -0.3 is 14.5 Å². The average molecular weight is 395 g/mol. The Balaban J connectivity index is 1.45. The number of aromatic nitrogens is 2. The number of carbonyl (C=O) groups is 1. The zero-order valence-corrected chi connectivity index (χ0v) is 17.2. The van der Waals surface area contributed by atoms with Gasteiger partial charge in [0.1, 0.15) is 5.69 Å². The van der Waals surface area contributed by atoms with Crippen molar-refractivity contribution in [3.63, 3.8) is 0 Å². The Bertz CT molecular complexity index is 855. The largest absolute Gasteiger partial charge is 0.373 e. The molecule has 0 bridgehead atoms. The highest BCUT2D eigenvalue weighted by Crippen LogP contribution is 2.40. The first-order valence-electron chi connectivity index (χ1n) is 10.9. The second-order valence-corrected chi connectivity index (χ2v) is 8.62. The van der Waals surface area contributed by atoms with Crippen LogP contribution in [0.3, 0.4) is 0 Å². The molecule has 2 aromatic rings. The van der Waals surface area contributed by atoms with E-state index in [9.17, 15) is 4.79 Å². The Morgan fingerprint density at radius 3 is 2.62 bits per heavy atom. The summed E-state index contributed by atoms with van der Waals surface area (Å²) in [5.41, 5.74) is 2.90. The molecule has 1 amide bonds. The van der Waals surface area contributed by atoms with Gasteiger partial charge in [0, 0.05) is 26.1 Å². The summed E-state index contributed by atoms with van der Waals surface area (Å²) in [5.74, 6) is 0.607. The van der Waals surface area contributed by atoms with Crippen molar-refractivity contribution in [2.75, 3.05) is 32.8 Å². The molecule has 1 aromatic heterocycles. The maximum absolute atomic E-state index is 13.6. The van der Waals surface area contributed by atoms with E-state index in [1.807, 2.05) is 24.1 Å². The third-order valence-electron chi connectivity index (χ3n) is 6.50. The Kier molecular flexibility index (Phi) is 5.14. The Morgan fingerprint density at radius 2 is 1.90 bits per heavy atom. The minimum atomic E-state index is -0.0719. The molecule has 3 aliphatic rings. The van der Waals surface area contributed by atoms with Gasteiger partial charge >= 0.3 is 0 Å². The van der Waals surface area contributed by atoms with Gasteiger partial charge in [-0.2, -0.15) is 5.10 Å². The van der Waals surface area contributed by atoms with E-state index in [4.69, 9.17) is 4.74 Å². The molecule has 3 fully saturated rings. The highest BCUT2D eigenvalue weighted by molar-refractivity contribution is 5.93. The van der Waals surface area contributed by atoms with Crippen molar-refractivity contribution < 1.29 is 9.53 Å². The number of hydrogen-bond acceptors (Lipinski definition) is 4. The van der Waals surface area contributed by atoms with Gasteiger partial charge in [0.05, 0.1) is 24.4 Å². The standard InChI is InChI=1S/C23H30N4O2/c1-25-20(15-19(24-25)17-9-10-17)23(28)27-13-14-29-21(16-26-11-5-6-12-26)22(27)18-7-3-2-4-8-18/h2-4,7-8,15,17,21-22H,5-6,9-14,16H2,1H3/t21-,22-/m0/s1. The second-order valence-electron chi connectivity index (χ2n) is 8.62. The maximum atomic E-state index is 13.6. The van der Waals surface area contributed by atoms with E-state index in [1.54, 1.807) is 4.68 Å². The Labute approximate surface area is 172 Å². The van der Waals surface area contributed by atoms with Crippen LogP contribution in [0.4, 0.5) is 0 Å². The van der Waals surface area contributed by atoms with Crippen LogP contribution in [0.5, 0.6) is 0 Å². The highest BCUT2D eigenvalue weighted by atomic mass is 16.5. The van der Waals surface area contributed by atoms with Gasteiger partial charge in [0.25, 0.3) is 5.91 Å². The molecule has 0 radical (unpaired) electrons. The lowest BCUT2D eigenvalue weighted by atomic mass is 9.97. The molecule has 0 N–H and O–H groups in total. The number of aryl methyl sites for hydroxylation is 1. The molecule has 1 saturated carbocycles. The van der Waals surface area contributed by atoms with Crippen molar-refractivity contribution in [2.24, 2.45) is 7.05 Å². The summed E-state index contributed by atoms with van der Waals surface area (Å²) in [6.07, 6.45) is 4.87. The third kappa shape index (κ3) is 3.83. The van der Waals surface area contributed by atoms with Gasteiger partial charge in [0.15, 0.2) is 0 Å². The Morgan fingerprint density at radius 1 is 1.14 bits per heavy atom. The normalized spacial score (nSPS) is 25.5. The van der Waals surface area contributed by atoms with Gasteiger partial charge in [0.2, 0.25) is 0 Å². The lowest BCUT2D eigenvalue weighted by Crippen LogP contribution is -2.51. The minimum absolute atomic E-state index is 0.00988. The summed E-state index contributed by atoms with van der Waals surface area (Å²) in [4.78, 5) is 18.1. The second kappa shape index (κ2) is 7.92. The van der Waals surface area contributed by atoms with Crippen molar-refractivity contribution >= 4 is 5.91 Å². The molecule has 6 nitrogen and oxygen atoms in total. The van der Waals surface area contributed by atoms with Gasteiger partial charge in [-0.25, -0.2) is 0 Å². The summed E-state index contributed by atoms with van der Waals surface area (Å²) in [7, 11) is 1.89. The quantitative estimate of drug-likeness (QED) is 0.782. The summed E-state index contributed by atoms with van der Waals surface area (Å²) >= 11 is 0. The fraction of sp³-hybridized carbons (Fsp3) is 0.565. The third-order valence-corrected chi connectivity index (χ3v) is 6.50. The molecule has 29 heavy (non-hydrogen) atoms. The molecule has 1 aliphatic carbocycles. The van der Waals surface area contributed by atoms with Crippen molar-refractivity contribution in [3.8, 4) is 0 Å². The summed E-state index contributed by atoms with van der Waals surface area (Å²) in [5, 5.41) is 4.62. The lowest BCUT2D eigenvalue weighted by molar-refractivity contribution is -0.0709. The molecular weight excluding hydrogens is 364 g/mol. The molecule has 2 atom stereocenters. The molecule has 0 spiro atoms. The van der Waals surface area contributed by atoms with Crippen molar-refractivity contribution in [1.29, 1.82) is 0 Å². The number of ether oxygens (including phenoxy) is 1. The van der Waals surface area contributed by atoms with Crippen LogP contribution in [-0.4, -0.2) is 64.4 Å². The predicted octanol–water partition coefficient (Wildman–Crippen LogP) is 2.98. The van der Waals surface area contributed by atoms with E-state index < -0.39 is 0 Å². The van der Waals surface area contributed by atoms with Gasteiger partial charge in [-0.05, 0) is 50.4 Å². The van der Waals surface area contributed by atoms with Gasteiger partial charge in [-0.3, -0.25) is 9.48 Å². The van der Waals surface area contributed by atoms with E-state index in [-0.39, 0.29) is 18.1 Å². The molecule has 154 valence electrons. The average Bonchev–Trinajstić information content (AvgIpc) is 3.34. The number of benzene rings is 1. The zero-order chi connectivity index (χ0) is 19.8. The topological polar surface area (TPSA) is 50.6 Å². The first-order valence-corrected chi connectivity index (χ1v) is 10.9. The molecular formula is C23H30N4O2. The minimum Gasteiger partial charge on any atom is -0.373 e. The van der Waals surface area contributed by atoms with E-state index >= 15 is 0 Å². The van der Waals surface area contributed by atoms with Crippen LogP contribution < -0.4 is 0 Å².